The Morgan fingerprint density at radius 2 is 2.00 bits per heavy atom. The van der Waals surface area contributed by atoms with Crippen LogP contribution in [0.3, 0.4) is 0 Å². The molecular formula is C5H11N3O3S2. The molecule has 0 fully saturated rings. The first-order valence-electron chi connectivity index (χ1n) is 3.33. The van der Waals surface area contributed by atoms with E-state index in [0.717, 1.165) is 0 Å². The largest absolute Gasteiger partial charge is 0.392 e. The van der Waals surface area contributed by atoms with Crippen molar-refractivity contribution < 1.29 is 13.2 Å². The number of nitrogens with one attached hydrogen (secondary N) is 1. The van der Waals surface area contributed by atoms with Crippen molar-refractivity contribution >= 4 is 33.1 Å². The second-order valence-electron chi connectivity index (χ2n) is 2.38. The average molecular weight is 225 g/mol. The highest BCUT2D eigenvalue weighted by Crippen LogP contribution is 1.97. The quantitative estimate of drug-likeness (QED) is 0.471. The molecule has 8 heteroatoms. The average Bonchev–Trinajstić information content (AvgIpc) is 1.99. The van der Waals surface area contributed by atoms with Gasteiger partial charge >= 0.3 is 0 Å². The molecule has 13 heavy (non-hydrogen) atoms. The zero-order valence-corrected chi connectivity index (χ0v) is 8.61. The molecule has 6 nitrogen and oxygen atoms in total. The van der Waals surface area contributed by atoms with E-state index < -0.39 is 27.7 Å². The van der Waals surface area contributed by atoms with E-state index in [1.807, 2.05) is 4.72 Å². The number of hydrogen-bond donors (Lipinski definition) is 3. The molecule has 0 rings (SSSR count). The molecule has 1 amide bonds. The van der Waals surface area contributed by atoms with Crippen molar-refractivity contribution in [2.24, 2.45) is 11.5 Å². The summed E-state index contributed by atoms with van der Waals surface area (Å²) >= 11 is 4.49. The fourth-order valence-corrected chi connectivity index (χ4v) is 1.73. The molecule has 76 valence electrons. The Morgan fingerprint density at radius 3 is 2.31 bits per heavy atom. The van der Waals surface area contributed by atoms with Crippen LogP contribution >= 0.6 is 12.2 Å². The van der Waals surface area contributed by atoms with Crippen molar-refractivity contribution in [2.45, 2.75) is 12.2 Å². The Labute approximate surface area is 81.7 Å². The van der Waals surface area contributed by atoms with Crippen LogP contribution in [-0.2, 0) is 14.8 Å². The van der Waals surface area contributed by atoms with Crippen LogP contribution in [0, 0.1) is 0 Å². The van der Waals surface area contributed by atoms with Gasteiger partial charge < -0.3 is 11.5 Å². The van der Waals surface area contributed by atoms with E-state index in [1.54, 1.807) is 0 Å². The third kappa shape index (κ3) is 4.15. The van der Waals surface area contributed by atoms with Crippen LogP contribution in [0.25, 0.3) is 0 Å². The van der Waals surface area contributed by atoms with E-state index >= 15 is 0 Å². The third-order valence-electron chi connectivity index (χ3n) is 1.31. The van der Waals surface area contributed by atoms with Gasteiger partial charge in [0.25, 0.3) is 0 Å². The summed E-state index contributed by atoms with van der Waals surface area (Å²) < 4.78 is 24.3. The van der Waals surface area contributed by atoms with E-state index in [0.29, 0.717) is 0 Å². The molecule has 0 heterocycles. The molecule has 0 aliphatic heterocycles. The number of amides is 1. The molecule has 0 aromatic heterocycles. The number of hydrogen-bond acceptors (Lipinski definition) is 4. The minimum atomic E-state index is -3.67. The maximum Gasteiger partial charge on any atom is 0.232 e. The smallest absolute Gasteiger partial charge is 0.232 e. The van der Waals surface area contributed by atoms with Crippen LogP contribution in [0.1, 0.15) is 6.92 Å². The Balaban J connectivity index is 4.41. The maximum absolute atomic E-state index is 11.2. The molecule has 1 atom stereocenters. The first-order valence-corrected chi connectivity index (χ1v) is 5.29. The molecule has 0 radical (unpaired) electrons. The van der Waals surface area contributed by atoms with Gasteiger partial charge in [-0.25, -0.2) is 13.1 Å². The minimum absolute atomic E-state index is 0.156. The number of thiocarbonyl (C=S) groups is 1. The lowest BCUT2D eigenvalue weighted by molar-refractivity contribution is -0.116. The number of carbonyl (C=O) groups excluding carboxylic acids is 1. The highest BCUT2D eigenvalue weighted by Gasteiger charge is 2.22. The van der Waals surface area contributed by atoms with Crippen LogP contribution in [0.2, 0.25) is 0 Å². The fourth-order valence-electron chi connectivity index (χ4n) is 0.450. The van der Waals surface area contributed by atoms with E-state index in [9.17, 15) is 13.2 Å². The van der Waals surface area contributed by atoms with Gasteiger partial charge in [0, 0.05) is 0 Å². The predicted octanol–water partition coefficient (Wildman–Crippen LogP) is -1.93. The van der Waals surface area contributed by atoms with E-state index in [-0.39, 0.29) is 4.99 Å². The van der Waals surface area contributed by atoms with Gasteiger partial charge in [0.15, 0.2) is 0 Å². The second kappa shape index (κ2) is 4.49. The molecule has 0 aliphatic rings. The van der Waals surface area contributed by atoms with Crippen molar-refractivity contribution in [1.29, 1.82) is 0 Å². The molecule has 0 saturated carbocycles. The highest BCUT2D eigenvalue weighted by molar-refractivity contribution is 7.93. The lowest BCUT2D eigenvalue weighted by atomic mass is 10.5. The molecule has 1 unspecified atom stereocenters. The van der Waals surface area contributed by atoms with E-state index in [2.05, 4.69) is 12.2 Å². The number of rotatable bonds is 5. The van der Waals surface area contributed by atoms with Crippen LogP contribution < -0.4 is 16.2 Å². The van der Waals surface area contributed by atoms with Crippen molar-refractivity contribution in [1.82, 2.24) is 4.72 Å². The first-order chi connectivity index (χ1) is 5.77. The summed E-state index contributed by atoms with van der Waals surface area (Å²) in [4.78, 5) is 10.1. The maximum atomic E-state index is 11.2. The van der Waals surface area contributed by atoms with Gasteiger partial charge in [-0.2, -0.15) is 0 Å². The number of nitrogens with two attached hydrogens (primary N) is 2. The summed E-state index contributed by atoms with van der Waals surface area (Å²) in [6.45, 7) is 0.876. The summed E-state index contributed by atoms with van der Waals surface area (Å²) in [5, 5.41) is -1.01. The van der Waals surface area contributed by atoms with Crippen LogP contribution in [0.4, 0.5) is 0 Å². The fraction of sp³-hybridized carbons (Fsp3) is 0.600. The summed E-state index contributed by atoms with van der Waals surface area (Å²) in [6.07, 6.45) is 0. The van der Waals surface area contributed by atoms with Gasteiger partial charge in [-0.3, -0.25) is 4.79 Å². The summed E-state index contributed by atoms with van der Waals surface area (Å²) in [5.74, 6) is -0.765. The summed E-state index contributed by atoms with van der Waals surface area (Å²) in [6, 6.07) is 0. The molecular weight excluding hydrogens is 214 g/mol. The zero-order valence-electron chi connectivity index (χ0n) is 6.98. The topological polar surface area (TPSA) is 115 Å². The van der Waals surface area contributed by atoms with Gasteiger partial charge in [0.05, 0.1) is 11.5 Å². The number of carbonyl (C=O) groups is 1. The summed E-state index contributed by atoms with van der Waals surface area (Å²) in [5.41, 5.74) is 9.87. The van der Waals surface area contributed by atoms with Gasteiger partial charge in [0.1, 0.15) is 5.25 Å². The van der Waals surface area contributed by atoms with Gasteiger partial charge in [-0.05, 0) is 6.92 Å². The van der Waals surface area contributed by atoms with Gasteiger partial charge in [-0.15, -0.1) is 0 Å². The Hall–Kier alpha value is -0.730. The molecule has 0 aromatic carbocycles. The predicted molar refractivity (Wildman–Crippen MR) is 52.4 cm³/mol. The summed E-state index contributed by atoms with van der Waals surface area (Å²) in [7, 11) is -3.67. The Morgan fingerprint density at radius 1 is 1.54 bits per heavy atom. The Kier molecular flexibility index (Phi) is 4.24. The lowest BCUT2D eigenvalue weighted by Crippen LogP contribution is -2.43. The lowest BCUT2D eigenvalue weighted by Gasteiger charge is -2.10. The highest BCUT2D eigenvalue weighted by atomic mass is 32.2. The molecule has 0 bridgehead atoms. The van der Waals surface area contributed by atoms with Crippen molar-refractivity contribution in [3.8, 4) is 0 Å². The molecule has 5 N–H and O–H groups in total. The second-order valence-corrected chi connectivity index (χ2v) is 4.93. The van der Waals surface area contributed by atoms with E-state index in [1.165, 1.54) is 6.92 Å². The van der Waals surface area contributed by atoms with E-state index in [4.69, 9.17) is 11.5 Å². The van der Waals surface area contributed by atoms with Crippen molar-refractivity contribution in [2.75, 3.05) is 6.54 Å². The third-order valence-corrected chi connectivity index (χ3v) is 3.55. The number of sulfonamides is 1. The molecule has 0 spiro atoms. The van der Waals surface area contributed by atoms with Crippen molar-refractivity contribution in [3.63, 3.8) is 0 Å². The van der Waals surface area contributed by atoms with Crippen LogP contribution in [0.15, 0.2) is 0 Å². The molecule has 0 aromatic rings. The normalized spacial score (nSPS) is 13.6. The Bertz CT molecular complexity index is 311. The minimum Gasteiger partial charge on any atom is -0.392 e. The first kappa shape index (κ1) is 12.3. The SMILES string of the molecule is CC(C(N)=S)S(=O)(=O)NCC(N)=O. The standard InChI is InChI=1S/C5H11N3O3S2/c1-3(5(7)12)13(10,11)8-2-4(6)9/h3,8H,2H2,1H3,(H2,6,9)(H2,7,12). The molecule has 0 aliphatic carbocycles. The zero-order chi connectivity index (χ0) is 10.6. The number of primary amides is 1. The van der Waals surface area contributed by atoms with Crippen LogP contribution in [-0.4, -0.2) is 31.1 Å². The van der Waals surface area contributed by atoms with Crippen molar-refractivity contribution in [3.05, 3.63) is 0 Å². The monoisotopic (exact) mass is 225 g/mol. The molecule has 0 saturated heterocycles. The van der Waals surface area contributed by atoms with Gasteiger partial charge in [-0.1, -0.05) is 12.2 Å². The van der Waals surface area contributed by atoms with Gasteiger partial charge in [0.2, 0.25) is 15.9 Å². The van der Waals surface area contributed by atoms with Crippen LogP contribution in [0.5, 0.6) is 0 Å².